The summed E-state index contributed by atoms with van der Waals surface area (Å²) in [5.74, 6) is 0.535. The monoisotopic (exact) mass is 335 g/mol. The molecule has 8 heteroatoms. The minimum absolute atomic E-state index is 0.174. The molecule has 0 saturated carbocycles. The van der Waals surface area contributed by atoms with E-state index in [-0.39, 0.29) is 11.0 Å². The summed E-state index contributed by atoms with van der Waals surface area (Å²) in [4.78, 5) is 0.256. The number of nitrogens with zero attached hydrogens (tertiary/aromatic N) is 3. The highest BCUT2D eigenvalue weighted by Gasteiger charge is 2.30. The van der Waals surface area contributed by atoms with E-state index >= 15 is 0 Å². The van der Waals surface area contributed by atoms with Gasteiger partial charge in [0.25, 0.3) is 0 Å². The summed E-state index contributed by atoms with van der Waals surface area (Å²) in [6.07, 6.45) is 5.42. The Kier molecular flexibility index (Phi) is 6.04. The van der Waals surface area contributed by atoms with Crippen LogP contribution in [0.25, 0.3) is 0 Å². The molecule has 1 aromatic rings. The fraction of sp³-hybridized carbons (Fsp3) is 0.769. The van der Waals surface area contributed by atoms with E-state index in [1.54, 1.807) is 10.9 Å². The highest BCUT2D eigenvalue weighted by atomic mass is 35.5. The van der Waals surface area contributed by atoms with Gasteiger partial charge in [0.1, 0.15) is 4.90 Å². The molecule has 0 aliphatic carbocycles. The molecule has 0 unspecified atom stereocenters. The van der Waals surface area contributed by atoms with Crippen LogP contribution in [0, 0.1) is 0 Å². The molecule has 0 amide bonds. The minimum Gasteiger partial charge on any atom is -0.378 e. The van der Waals surface area contributed by atoms with Gasteiger partial charge in [-0.3, -0.25) is 4.68 Å². The quantitative estimate of drug-likeness (QED) is 0.711. The lowest BCUT2D eigenvalue weighted by Gasteiger charge is -2.30. The Morgan fingerprint density at radius 2 is 2.14 bits per heavy atom. The molecule has 21 heavy (non-hydrogen) atoms. The van der Waals surface area contributed by atoms with Crippen LogP contribution < -0.4 is 0 Å². The Morgan fingerprint density at radius 1 is 1.43 bits per heavy atom. The minimum atomic E-state index is -3.44. The highest BCUT2D eigenvalue weighted by Crippen LogP contribution is 2.21. The van der Waals surface area contributed by atoms with Gasteiger partial charge >= 0.3 is 0 Å². The van der Waals surface area contributed by atoms with Crippen molar-refractivity contribution in [2.24, 2.45) is 0 Å². The van der Waals surface area contributed by atoms with Gasteiger partial charge in [-0.05, 0) is 26.2 Å². The van der Waals surface area contributed by atoms with Crippen LogP contribution in [0.4, 0.5) is 0 Å². The van der Waals surface area contributed by atoms with Crippen LogP contribution in [0.2, 0.25) is 0 Å². The van der Waals surface area contributed by atoms with E-state index in [9.17, 15) is 8.42 Å². The van der Waals surface area contributed by atoms with Crippen molar-refractivity contribution in [2.45, 2.75) is 43.7 Å². The number of sulfonamides is 1. The first kappa shape index (κ1) is 16.7. The first-order chi connectivity index (χ1) is 10.1. The Labute approximate surface area is 131 Å². The number of aromatic nitrogens is 2. The molecule has 120 valence electrons. The van der Waals surface area contributed by atoms with E-state index in [0.717, 1.165) is 19.3 Å². The van der Waals surface area contributed by atoms with Gasteiger partial charge in [-0.25, -0.2) is 8.42 Å². The number of halogens is 1. The van der Waals surface area contributed by atoms with Gasteiger partial charge in [-0.1, -0.05) is 0 Å². The largest absolute Gasteiger partial charge is 0.378 e. The molecule has 1 aliphatic rings. The molecule has 1 aliphatic heterocycles. The molecule has 0 atom stereocenters. The lowest BCUT2D eigenvalue weighted by Crippen LogP contribution is -2.40. The second-order valence-electron chi connectivity index (χ2n) is 5.04. The highest BCUT2D eigenvalue weighted by molar-refractivity contribution is 7.89. The lowest BCUT2D eigenvalue weighted by molar-refractivity contribution is 0.0290. The number of hydrogen-bond acceptors (Lipinski definition) is 4. The average Bonchev–Trinajstić information content (AvgIpc) is 2.96. The zero-order chi connectivity index (χ0) is 15.3. The first-order valence-electron chi connectivity index (χ1n) is 7.28. The Balaban J connectivity index is 2.00. The maximum atomic E-state index is 12.5. The van der Waals surface area contributed by atoms with Gasteiger partial charge < -0.3 is 4.74 Å². The van der Waals surface area contributed by atoms with Crippen molar-refractivity contribution in [2.75, 3.05) is 25.6 Å². The standard InChI is InChI=1S/C13H22ClN3O3S/c1-2-20-12-4-8-17(9-5-12)21(18,19)13-10-15-16(11-13)7-3-6-14/h10-12H,2-9H2,1H3. The van der Waals surface area contributed by atoms with E-state index in [4.69, 9.17) is 16.3 Å². The van der Waals surface area contributed by atoms with Crippen molar-refractivity contribution in [1.82, 2.24) is 14.1 Å². The molecule has 1 fully saturated rings. The van der Waals surface area contributed by atoms with Gasteiger partial charge in [0, 0.05) is 38.3 Å². The van der Waals surface area contributed by atoms with Crippen molar-refractivity contribution < 1.29 is 13.2 Å². The second kappa shape index (κ2) is 7.58. The number of aryl methyl sites for hydroxylation is 1. The van der Waals surface area contributed by atoms with Crippen LogP contribution in [-0.2, 0) is 21.3 Å². The van der Waals surface area contributed by atoms with E-state index in [1.807, 2.05) is 6.92 Å². The van der Waals surface area contributed by atoms with E-state index in [1.165, 1.54) is 10.5 Å². The Bertz CT molecular complexity index is 539. The molecule has 0 bridgehead atoms. The van der Waals surface area contributed by atoms with Gasteiger partial charge in [-0.2, -0.15) is 9.40 Å². The third-order valence-corrected chi connectivity index (χ3v) is 5.69. The third kappa shape index (κ3) is 4.18. The van der Waals surface area contributed by atoms with Crippen LogP contribution in [0.15, 0.2) is 17.3 Å². The summed E-state index contributed by atoms with van der Waals surface area (Å²) in [5, 5.41) is 4.09. The molecule has 0 radical (unpaired) electrons. The fourth-order valence-corrected chi connectivity index (χ4v) is 3.99. The first-order valence-corrected chi connectivity index (χ1v) is 9.25. The smallest absolute Gasteiger partial charge is 0.246 e. The van der Waals surface area contributed by atoms with Crippen LogP contribution in [-0.4, -0.2) is 54.2 Å². The molecule has 0 aromatic carbocycles. The van der Waals surface area contributed by atoms with Gasteiger partial charge in [-0.15, -0.1) is 11.6 Å². The molecular formula is C13H22ClN3O3S. The van der Waals surface area contributed by atoms with Crippen LogP contribution in [0.1, 0.15) is 26.2 Å². The molecule has 1 aromatic heterocycles. The molecule has 1 saturated heterocycles. The van der Waals surface area contributed by atoms with Crippen LogP contribution in [0.5, 0.6) is 0 Å². The molecule has 2 rings (SSSR count). The van der Waals surface area contributed by atoms with Crippen molar-refractivity contribution in [3.63, 3.8) is 0 Å². The summed E-state index contributed by atoms with van der Waals surface area (Å²) in [6, 6.07) is 0. The topological polar surface area (TPSA) is 64.4 Å². The summed E-state index contributed by atoms with van der Waals surface area (Å²) < 4.78 is 33.8. The van der Waals surface area contributed by atoms with Gasteiger partial charge in [0.05, 0.1) is 12.3 Å². The average molecular weight is 336 g/mol. The van der Waals surface area contributed by atoms with Crippen molar-refractivity contribution >= 4 is 21.6 Å². The van der Waals surface area contributed by atoms with E-state index in [0.29, 0.717) is 32.1 Å². The van der Waals surface area contributed by atoms with Gasteiger partial charge in [0.15, 0.2) is 0 Å². The number of ether oxygens (including phenoxy) is 1. The molecule has 0 spiro atoms. The Hall–Kier alpha value is -0.630. The number of rotatable bonds is 7. The molecular weight excluding hydrogens is 314 g/mol. The zero-order valence-corrected chi connectivity index (χ0v) is 13.8. The number of alkyl halides is 1. The molecule has 0 N–H and O–H groups in total. The third-order valence-electron chi connectivity index (χ3n) is 3.57. The summed E-state index contributed by atoms with van der Waals surface area (Å²) in [5.41, 5.74) is 0. The summed E-state index contributed by atoms with van der Waals surface area (Å²) >= 11 is 5.63. The maximum Gasteiger partial charge on any atom is 0.246 e. The van der Waals surface area contributed by atoms with Crippen LogP contribution >= 0.6 is 11.6 Å². The van der Waals surface area contributed by atoms with Crippen molar-refractivity contribution in [1.29, 1.82) is 0 Å². The number of hydrogen-bond donors (Lipinski definition) is 0. The van der Waals surface area contributed by atoms with Crippen molar-refractivity contribution in [3.8, 4) is 0 Å². The second-order valence-corrected chi connectivity index (χ2v) is 7.36. The lowest BCUT2D eigenvalue weighted by atomic mass is 10.1. The Morgan fingerprint density at radius 3 is 2.76 bits per heavy atom. The van der Waals surface area contributed by atoms with E-state index in [2.05, 4.69) is 5.10 Å². The SMILES string of the molecule is CCOC1CCN(S(=O)(=O)c2cnn(CCCCl)c2)CC1. The molecule has 2 heterocycles. The zero-order valence-electron chi connectivity index (χ0n) is 12.2. The predicted molar refractivity (Wildman–Crippen MR) is 81.0 cm³/mol. The van der Waals surface area contributed by atoms with E-state index < -0.39 is 10.0 Å². The normalized spacial score (nSPS) is 18.2. The van der Waals surface area contributed by atoms with Gasteiger partial charge in [0.2, 0.25) is 10.0 Å². The maximum absolute atomic E-state index is 12.5. The predicted octanol–water partition coefficient (Wildman–Crippen LogP) is 1.70. The fourth-order valence-electron chi connectivity index (χ4n) is 2.45. The summed E-state index contributed by atoms with van der Waals surface area (Å²) in [6.45, 7) is 4.26. The summed E-state index contributed by atoms with van der Waals surface area (Å²) in [7, 11) is -3.44. The van der Waals surface area contributed by atoms with Crippen molar-refractivity contribution in [3.05, 3.63) is 12.4 Å². The molecule has 6 nitrogen and oxygen atoms in total. The number of piperidine rings is 1. The van der Waals surface area contributed by atoms with Crippen LogP contribution in [0.3, 0.4) is 0 Å².